The first-order valence-electron chi connectivity index (χ1n) is 6.60. The lowest BCUT2D eigenvalue weighted by molar-refractivity contribution is -0.137. The maximum absolute atomic E-state index is 10.6. The van der Waals surface area contributed by atoms with Crippen molar-refractivity contribution in [3.05, 3.63) is 18.0 Å². The number of carboxylic acid groups (broad SMARTS) is 1. The summed E-state index contributed by atoms with van der Waals surface area (Å²) in [5, 5.41) is 8.70. The van der Waals surface area contributed by atoms with Crippen LogP contribution in [0, 0.1) is 5.92 Å². The zero-order valence-electron chi connectivity index (χ0n) is 11.1. The molecule has 19 heavy (non-hydrogen) atoms. The topological polar surface area (TPSA) is 92.3 Å². The molecule has 0 saturated carbocycles. The lowest BCUT2D eigenvalue weighted by atomic mass is 10.0. The Hall–Kier alpha value is -1.69. The van der Waals surface area contributed by atoms with E-state index in [2.05, 4.69) is 21.8 Å². The second kappa shape index (κ2) is 5.97. The number of carbonyl (C=O) groups is 1. The highest BCUT2D eigenvalue weighted by molar-refractivity contribution is 5.67. The SMILES string of the molecule is C[C@H]1CCCN(c2ncc([C@@H](N)CC(=O)O)cn2)C1. The van der Waals surface area contributed by atoms with Crippen LogP contribution in [-0.4, -0.2) is 34.1 Å². The number of nitrogens with two attached hydrogens (primary N) is 1. The van der Waals surface area contributed by atoms with E-state index in [4.69, 9.17) is 10.8 Å². The number of carboxylic acids is 1. The number of hydrogen-bond acceptors (Lipinski definition) is 5. The summed E-state index contributed by atoms with van der Waals surface area (Å²) in [6.45, 7) is 4.18. The van der Waals surface area contributed by atoms with Crippen molar-refractivity contribution in [1.29, 1.82) is 0 Å². The zero-order chi connectivity index (χ0) is 13.8. The smallest absolute Gasteiger partial charge is 0.305 e. The number of anilines is 1. The molecule has 2 atom stereocenters. The molecule has 1 aliphatic rings. The van der Waals surface area contributed by atoms with Crippen LogP contribution in [0.3, 0.4) is 0 Å². The number of nitrogens with zero attached hydrogens (tertiary/aromatic N) is 3. The average molecular weight is 264 g/mol. The van der Waals surface area contributed by atoms with Crippen LogP contribution in [0.4, 0.5) is 5.95 Å². The Kier molecular flexibility index (Phi) is 4.31. The van der Waals surface area contributed by atoms with Gasteiger partial charge in [-0.25, -0.2) is 9.97 Å². The van der Waals surface area contributed by atoms with Crippen molar-refractivity contribution in [2.24, 2.45) is 11.7 Å². The Balaban J connectivity index is 2.03. The fourth-order valence-electron chi connectivity index (χ4n) is 2.36. The number of aromatic nitrogens is 2. The molecule has 0 aliphatic carbocycles. The van der Waals surface area contributed by atoms with Crippen molar-refractivity contribution < 1.29 is 9.90 Å². The Morgan fingerprint density at radius 2 is 2.26 bits per heavy atom. The third kappa shape index (κ3) is 3.64. The molecule has 0 amide bonds. The summed E-state index contributed by atoms with van der Waals surface area (Å²) in [5.41, 5.74) is 6.44. The van der Waals surface area contributed by atoms with E-state index in [-0.39, 0.29) is 6.42 Å². The molecule has 0 radical (unpaired) electrons. The van der Waals surface area contributed by atoms with Crippen LogP contribution in [0.5, 0.6) is 0 Å². The van der Waals surface area contributed by atoms with E-state index in [9.17, 15) is 4.79 Å². The van der Waals surface area contributed by atoms with Crippen molar-refractivity contribution in [2.45, 2.75) is 32.2 Å². The molecule has 1 fully saturated rings. The molecule has 0 bridgehead atoms. The normalized spacial score (nSPS) is 21.2. The number of rotatable bonds is 4. The first-order valence-corrected chi connectivity index (χ1v) is 6.60. The minimum absolute atomic E-state index is 0.108. The van der Waals surface area contributed by atoms with Crippen molar-refractivity contribution >= 4 is 11.9 Å². The Morgan fingerprint density at radius 3 is 2.84 bits per heavy atom. The van der Waals surface area contributed by atoms with Gasteiger partial charge in [-0.15, -0.1) is 0 Å². The van der Waals surface area contributed by atoms with Gasteiger partial charge in [-0.3, -0.25) is 4.79 Å². The fraction of sp³-hybridized carbons (Fsp3) is 0.615. The molecular weight excluding hydrogens is 244 g/mol. The van der Waals surface area contributed by atoms with Crippen molar-refractivity contribution in [3.8, 4) is 0 Å². The molecule has 0 spiro atoms. The van der Waals surface area contributed by atoms with E-state index in [1.54, 1.807) is 12.4 Å². The maximum Gasteiger partial charge on any atom is 0.305 e. The summed E-state index contributed by atoms with van der Waals surface area (Å²) in [6.07, 6.45) is 5.57. The molecule has 3 N–H and O–H groups in total. The molecule has 1 aromatic heterocycles. The molecule has 6 nitrogen and oxygen atoms in total. The van der Waals surface area contributed by atoms with Gasteiger partial charge in [0.25, 0.3) is 0 Å². The van der Waals surface area contributed by atoms with Gasteiger partial charge in [0, 0.05) is 37.1 Å². The summed E-state index contributed by atoms with van der Waals surface area (Å²) in [7, 11) is 0. The minimum Gasteiger partial charge on any atom is -0.481 e. The average Bonchev–Trinajstić information content (AvgIpc) is 2.38. The van der Waals surface area contributed by atoms with Gasteiger partial charge in [0.2, 0.25) is 5.95 Å². The highest BCUT2D eigenvalue weighted by Crippen LogP contribution is 2.20. The zero-order valence-corrected chi connectivity index (χ0v) is 11.1. The van der Waals surface area contributed by atoms with Crippen molar-refractivity contribution in [2.75, 3.05) is 18.0 Å². The monoisotopic (exact) mass is 264 g/mol. The molecule has 0 unspecified atom stereocenters. The summed E-state index contributed by atoms with van der Waals surface area (Å²) in [5.74, 6) is 0.450. The van der Waals surface area contributed by atoms with Gasteiger partial charge < -0.3 is 15.7 Å². The van der Waals surface area contributed by atoms with E-state index in [0.29, 0.717) is 17.4 Å². The van der Waals surface area contributed by atoms with Crippen LogP contribution >= 0.6 is 0 Å². The fourth-order valence-corrected chi connectivity index (χ4v) is 2.36. The van der Waals surface area contributed by atoms with Crippen LogP contribution in [0.2, 0.25) is 0 Å². The quantitative estimate of drug-likeness (QED) is 0.848. The number of piperidine rings is 1. The second-order valence-electron chi connectivity index (χ2n) is 5.21. The summed E-state index contributed by atoms with van der Waals surface area (Å²) < 4.78 is 0. The summed E-state index contributed by atoms with van der Waals surface area (Å²) in [6, 6.07) is -0.549. The number of hydrogen-bond donors (Lipinski definition) is 2. The molecule has 0 aromatic carbocycles. The van der Waals surface area contributed by atoms with Crippen molar-refractivity contribution in [1.82, 2.24) is 9.97 Å². The van der Waals surface area contributed by atoms with Gasteiger partial charge in [-0.2, -0.15) is 0 Å². The summed E-state index contributed by atoms with van der Waals surface area (Å²) in [4.78, 5) is 21.4. The van der Waals surface area contributed by atoms with Gasteiger partial charge >= 0.3 is 5.97 Å². The molecule has 6 heteroatoms. The molecule has 104 valence electrons. The first-order chi connectivity index (χ1) is 9.06. The van der Waals surface area contributed by atoms with Crippen LogP contribution in [0.15, 0.2) is 12.4 Å². The van der Waals surface area contributed by atoms with Gasteiger partial charge in [-0.05, 0) is 18.8 Å². The Labute approximate surface area is 112 Å². The van der Waals surface area contributed by atoms with E-state index >= 15 is 0 Å². The van der Waals surface area contributed by atoms with Gasteiger partial charge in [-0.1, -0.05) is 6.92 Å². The highest BCUT2D eigenvalue weighted by Gasteiger charge is 2.19. The van der Waals surface area contributed by atoms with Crippen LogP contribution in [0.25, 0.3) is 0 Å². The minimum atomic E-state index is -0.915. The molecule has 1 aromatic rings. The molecule has 2 heterocycles. The molecule has 2 rings (SSSR count). The third-order valence-corrected chi connectivity index (χ3v) is 3.42. The van der Waals surface area contributed by atoms with E-state index < -0.39 is 12.0 Å². The summed E-state index contributed by atoms with van der Waals surface area (Å²) >= 11 is 0. The van der Waals surface area contributed by atoms with E-state index in [1.165, 1.54) is 6.42 Å². The van der Waals surface area contributed by atoms with E-state index in [0.717, 1.165) is 19.5 Å². The van der Waals surface area contributed by atoms with Gasteiger partial charge in [0.15, 0.2) is 0 Å². The van der Waals surface area contributed by atoms with E-state index in [1.807, 2.05) is 0 Å². The molecule has 1 saturated heterocycles. The predicted octanol–water partition coefficient (Wildman–Crippen LogP) is 1.19. The van der Waals surface area contributed by atoms with Gasteiger partial charge in [0.1, 0.15) is 0 Å². The Bertz CT molecular complexity index is 435. The lowest BCUT2D eigenvalue weighted by Gasteiger charge is -2.30. The third-order valence-electron chi connectivity index (χ3n) is 3.42. The van der Waals surface area contributed by atoms with Gasteiger partial charge in [0.05, 0.1) is 6.42 Å². The predicted molar refractivity (Wildman–Crippen MR) is 71.8 cm³/mol. The standard InChI is InChI=1S/C13H20N4O2/c1-9-3-2-4-17(8-9)13-15-6-10(7-16-13)11(14)5-12(18)19/h6-7,9,11H,2-5,8,14H2,1H3,(H,18,19)/t9-,11-/m0/s1. The van der Waals surface area contributed by atoms with Crippen LogP contribution in [0.1, 0.15) is 37.8 Å². The molecule has 1 aliphatic heterocycles. The largest absolute Gasteiger partial charge is 0.481 e. The van der Waals surface area contributed by atoms with Crippen molar-refractivity contribution in [3.63, 3.8) is 0 Å². The molecular formula is C13H20N4O2. The second-order valence-corrected chi connectivity index (χ2v) is 5.21. The highest BCUT2D eigenvalue weighted by atomic mass is 16.4. The number of aliphatic carboxylic acids is 1. The van der Waals surface area contributed by atoms with Crippen LogP contribution < -0.4 is 10.6 Å². The maximum atomic E-state index is 10.6. The van der Waals surface area contributed by atoms with Crippen LogP contribution in [-0.2, 0) is 4.79 Å². The first kappa shape index (κ1) is 13.7. The lowest BCUT2D eigenvalue weighted by Crippen LogP contribution is -2.35. The Morgan fingerprint density at radius 1 is 1.58 bits per heavy atom.